The summed E-state index contributed by atoms with van der Waals surface area (Å²) in [6, 6.07) is 60.0. The van der Waals surface area contributed by atoms with Gasteiger partial charge in [0.2, 0.25) is 5.95 Å². The molecule has 0 atom stereocenters. The van der Waals surface area contributed by atoms with E-state index in [9.17, 15) is 0 Å². The predicted octanol–water partition coefficient (Wildman–Crippen LogP) is 11.2. The average molecular weight is 613 g/mol. The maximum atomic E-state index is 5.45. The lowest BCUT2D eigenvalue weighted by Gasteiger charge is -2.14. The molecule has 0 aliphatic carbocycles. The Morgan fingerprint density at radius 2 is 0.896 bits per heavy atom. The van der Waals surface area contributed by atoms with Gasteiger partial charge < -0.3 is 4.57 Å². The first-order valence-electron chi connectivity index (χ1n) is 16.3. The van der Waals surface area contributed by atoms with E-state index < -0.39 is 0 Å². The van der Waals surface area contributed by atoms with Crippen molar-refractivity contribution in [1.29, 1.82) is 0 Å². The Kier molecular flexibility index (Phi) is 5.84. The summed E-state index contributed by atoms with van der Waals surface area (Å²) in [6.07, 6.45) is 0. The van der Waals surface area contributed by atoms with E-state index in [0.717, 1.165) is 50.0 Å². The highest BCUT2D eigenvalue weighted by Gasteiger charge is 2.23. The second kappa shape index (κ2) is 10.5. The fourth-order valence-corrected chi connectivity index (χ4v) is 7.41. The van der Waals surface area contributed by atoms with Gasteiger partial charge in [0.15, 0.2) is 0 Å². The molecular formula is C44H28N4. The third kappa shape index (κ3) is 3.96. The molecule has 224 valence electrons. The van der Waals surface area contributed by atoms with E-state index in [1.807, 2.05) is 0 Å². The zero-order chi connectivity index (χ0) is 31.6. The molecule has 0 fully saturated rings. The molecule has 0 radical (unpaired) electrons. The second-order valence-electron chi connectivity index (χ2n) is 12.2. The van der Waals surface area contributed by atoms with E-state index in [0.29, 0.717) is 5.95 Å². The first kappa shape index (κ1) is 26.7. The van der Waals surface area contributed by atoms with Crippen molar-refractivity contribution < 1.29 is 0 Å². The molecule has 4 nitrogen and oxygen atoms in total. The summed E-state index contributed by atoms with van der Waals surface area (Å²) in [4.78, 5) is 10.7. The van der Waals surface area contributed by atoms with Crippen molar-refractivity contribution in [2.75, 3.05) is 0 Å². The summed E-state index contributed by atoms with van der Waals surface area (Å²) in [7, 11) is 0. The quantitative estimate of drug-likeness (QED) is 0.198. The van der Waals surface area contributed by atoms with Gasteiger partial charge in [-0.2, -0.15) is 0 Å². The van der Waals surface area contributed by atoms with E-state index in [1.165, 1.54) is 32.6 Å². The number of nitrogens with zero attached hydrogens (tertiary/aromatic N) is 4. The topological polar surface area (TPSA) is 35.6 Å². The minimum atomic E-state index is 0.650. The van der Waals surface area contributed by atoms with Crippen LogP contribution in [0, 0.1) is 0 Å². The number of benzene rings is 7. The summed E-state index contributed by atoms with van der Waals surface area (Å²) in [5.41, 5.74) is 10.8. The third-order valence-corrected chi connectivity index (χ3v) is 9.52. The number of fused-ring (bicyclic) bond motifs is 8. The van der Waals surface area contributed by atoms with E-state index in [2.05, 4.69) is 179 Å². The molecule has 0 unspecified atom stereocenters. The van der Waals surface area contributed by atoms with Crippen LogP contribution in [0.15, 0.2) is 170 Å². The maximum Gasteiger partial charge on any atom is 0.235 e. The Bertz CT molecular complexity index is 2830. The molecule has 48 heavy (non-hydrogen) atoms. The zero-order valence-electron chi connectivity index (χ0n) is 26.0. The van der Waals surface area contributed by atoms with Gasteiger partial charge in [-0.15, -0.1) is 0 Å². The van der Waals surface area contributed by atoms with Crippen LogP contribution < -0.4 is 0 Å². The summed E-state index contributed by atoms with van der Waals surface area (Å²) in [5, 5.41) is 5.78. The van der Waals surface area contributed by atoms with Crippen LogP contribution in [-0.2, 0) is 0 Å². The molecule has 10 rings (SSSR count). The van der Waals surface area contributed by atoms with E-state index in [1.54, 1.807) is 0 Å². The Morgan fingerprint density at radius 3 is 1.62 bits per heavy atom. The van der Waals surface area contributed by atoms with E-state index in [-0.39, 0.29) is 0 Å². The summed E-state index contributed by atoms with van der Waals surface area (Å²) in [5.74, 6) is 0.650. The molecule has 0 saturated heterocycles. The largest absolute Gasteiger partial charge is 0.307 e. The molecule has 0 N–H and O–H groups in total. The van der Waals surface area contributed by atoms with Crippen LogP contribution in [0.25, 0.3) is 88.5 Å². The molecule has 3 heterocycles. The Morgan fingerprint density at radius 1 is 0.354 bits per heavy atom. The summed E-state index contributed by atoms with van der Waals surface area (Å²) in [6.45, 7) is 0. The van der Waals surface area contributed by atoms with E-state index >= 15 is 0 Å². The van der Waals surface area contributed by atoms with E-state index in [4.69, 9.17) is 9.97 Å². The molecule has 7 aromatic carbocycles. The van der Waals surface area contributed by atoms with Crippen LogP contribution in [0.1, 0.15) is 0 Å². The van der Waals surface area contributed by atoms with Crippen molar-refractivity contribution in [2.24, 2.45) is 0 Å². The van der Waals surface area contributed by atoms with Crippen LogP contribution in [0.2, 0.25) is 0 Å². The Labute approximate surface area is 276 Å². The molecule has 0 aliphatic rings. The van der Waals surface area contributed by atoms with Crippen molar-refractivity contribution in [2.45, 2.75) is 0 Å². The Hall–Kier alpha value is -6.52. The van der Waals surface area contributed by atoms with Gasteiger partial charge in [0.05, 0.1) is 33.3 Å². The lowest BCUT2D eigenvalue weighted by molar-refractivity contribution is 1.01. The van der Waals surface area contributed by atoms with Gasteiger partial charge in [-0.25, -0.2) is 9.97 Å². The molecular weight excluding hydrogens is 585 g/mol. The van der Waals surface area contributed by atoms with Crippen molar-refractivity contribution >= 4 is 54.5 Å². The van der Waals surface area contributed by atoms with Crippen LogP contribution in [0.5, 0.6) is 0 Å². The predicted molar refractivity (Wildman–Crippen MR) is 199 cm³/mol. The molecule has 0 amide bonds. The van der Waals surface area contributed by atoms with Crippen LogP contribution >= 0.6 is 0 Å². The lowest BCUT2D eigenvalue weighted by atomic mass is 10.00. The highest BCUT2D eigenvalue weighted by Crippen LogP contribution is 2.42. The Balaban J connectivity index is 1.35. The zero-order valence-corrected chi connectivity index (χ0v) is 26.0. The van der Waals surface area contributed by atoms with Crippen LogP contribution in [0.3, 0.4) is 0 Å². The first-order chi connectivity index (χ1) is 23.8. The molecule has 0 spiro atoms. The van der Waals surface area contributed by atoms with Crippen LogP contribution in [-0.4, -0.2) is 19.1 Å². The molecule has 10 aromatic rings. The molecule has 0 bridgehead atoms. The second-order valence-corrected chi connectivity index (χ2v) is 12.2. The smallest absolute Gasteiger partial charge is 0.235 e. The molecule has 3 aromatic heterocycles. The summed E-state index contributed by atoms with van der Waals surface area (Å²) >= 11 is 0. The number of aromatic nitrogens is 4. The van der Waals surface area contributed by atoms with Gasteiger partial charge in [0.1, 0.15) is 0 Å². The fraction of sp³-hybridized carbons (Fsp3) is 0. The fourth-order valence-electron chi connectivity index (χ4n) is 7.41. The molecule has 0 aliphatic heterocycles. The van der Waals surface area contributed by atoms with Crippen molar-refractivity contribution in [3.63, 3.8) is 0 Å². The van der Waals surface area contributed by atoms with Gasteiger partial charge in [-0.05, 0) is 47.5 Å². The highest BCUT2D eigenvalue weighted by atomic mass is 15.2. The normalized spacial score (nSPS) is 11.8. The minimum Gasteiger partial charge on any atom is -0.307 e. The van der Waals surface area contributed by atoms with Crippen LogP contribution in [0.4, 0.5) is 0 Å². The van der Waals surface area contributed by atoms with Gasteiger partial charge in [-0.1, -0.05) is 133 Å². The lowest BCUT2D eigenvalue weighted by Crippen LogP contribution is -2.04. The highest BCUT2D eigenvalue weighted by molar-refractivity contribution is 6.23. The van der Waals surface area contributed by atoms with Crippen molar-refractivity contribution in [1.82, 2.24) is 19.1 Å². The number of hydrogen-bond acceptors (Lipinski definition) is 2. The van der Waals surface area contributed by atoms with Gasteiger partial charge in [0.25, 0.3) is 0 Å². The van der Waals surface area contributed by atoms with Crippen molar-refractivity contribution in [3.05, 3.63) is 170 Å². The first-order valence-corrected chi connectivity index (χ1v) is 16.3. The van der Waals surface area contributed by atoms with Gasteiger partial charge >= 0.3 is 0 Å². The molecule has 0 saturated carbocycles. The maximum absolute atomic E-state index is 5.45. The molecule has 4 heteroatoms. The third-order valence-electron chi connectivity index (χ3n) is 9.52. The SMILES string of the molecule is c1ccc(-c2cccc(-c3nc(-n4c5ccccc5c5ccc6c7ccccc7n(-c7ccccc7)c6c54)nc4ccccc34)c2)cc1. The minimum absolute atomic E-state index is 0.650. The van der Waals surface area contributed by atoms with Gasteiger partial charge in [-0.3, -0.25) is 4.57 Å². The number of hydrogen-bond donors (Lipinski definition) is 0. The van der Waals surface area contributed by atoms with Crippen molar-refractivity contribution in [3.8, 4) is 34.0 Å². The average Bonchev–Trinajstić information content (AvgIpc) is 3.68. The monoisotopic (exact) mass is 612 g/mol. The number of rotatable bonds is 4. The summed E-state index contributed by atoms with van der Waals surface area (Å²) < 4.78 is 4.68. The van der Waals surface area contributed by atoms with Gasteiger partial charge in [0, 0.05) is 38.2 Å². The number of para-hydroxylation sites is 4. The standard InChI is InChI=1S/C44H28N4/c1-3-14-29(15-4-1)30-16-13-17-31(28-30)41-37-22-7-10-23-38(37)45-44(46-41)48-40-25-12-9-21-34(40)36-27-26-35-33-20-8-11-24-39(33)47(42(35)43(36)48)32-18-5-2-6-19-32/h1-28H.